The number of rotatable bonds is 7. The Morgan fingerprint density at radius 1 is 1.29 bits per heavy atom. The van der Waals surface area contributed by atoms with E-state index in [1.807, 2.05) is 0 Å². The molecule has 0 bridgehead atoms. The van der Waals surface area contributed by atoms with Crippen LogP contribution in [0, 0.1) is 0 Å². The highest BCUT2D eigenvalue weighted by atomic mass is 32.2. The highest BCUT2D eigenvalue weighted by Crippen LogP contribution is 2.19. The zero-order chi connectivity index (χ0) is 16.3. The van der Waals surface area contributed by atoms with Crippen LogP contribution in [0.4, 0.5) is 0 Å². The Labute approximate surface area is 125 Å². The van der Waals surface area contributed by atoms with Crippen molar-refractivity contribution in [2.45, 2.75) is 25.3 Å². The number of carboxylic acid groups (broad SMARTS) is 1. The minimum Gasteiger partial charge on any atom is -0.480 e. The van der Waals surface area contributed by atoms with Gasteiger partial charge in [0.2, 0.25) is 10.0 Å². The van der Waals surface area contributed by atoms with Crippen LogP contribution in [0.5, 0.6) is 0 Å². The third kappa shape index (κ3) is 4.88. The Balaban J connectivity index is 2.70. The Hall–Kier alpha value is -0.750. The first-order valence-corrected chi connectivity index (χ1v) is 9.52. The molecule has 9 nitrogen and oxygen atoms in total. The molecule has 11 heteroatoms. The predicted octanol–water partition coefficient (Wildman–Crippen LogP) is -1.35. The largest absolute Gasteiger partial charge is 0.480 e. The second kappa shape index (κ2) is 7.01. The number of hydrogen-bond acceptors (Lipinski definition) is 5. The van der Waals surface area contributed by atoms with Crippen molar-refractivity contribution in [2.24, 2.45) is 0 Å². The lowest BCUT2D eigenvalue weighted by atomic mass is 10.1. The van der Waals surface area contributed by atoms with Crippen LogP contribution in [0.1, 0.15) is 19.3 Å². The summed E-state index contributed by atoms with van der Waals surface area (Å²) in [5.74, 6) is -1.58. The average molecular weight is 343 g/mol. The van der Waals surface area contributed by atoms with E-state index in [0.717, 1.165) is 8.61 Å². The molecule has 2 N–H and O–H groups in total. The van der Waals surface area contributed by atoms with E-state index in [1.54, 1.807) is 0 Å². The van der Waals surface area contributed by atoms with Gasteiger partial charge >= 0.3 is 5.97 Å². The van der Waals surface area contributed by atoms with E-state index >= 15 is 0 Å². The maximum absolute atomic E-state index is 12.1. The molecule has 1 atom stereocenters. The van der Waals surface area contributed by atoms with Gasteiger partial charge in [-0.2, -0.15) is 12.7 Å². The number of nitrogens with zero attached hydrogens (tertiary/aromatic N) is 2. The van der Waals surface area contributed by atoms with Crippen molar-refractivity contribution < 1.29 is 26.7 Å². The summed E-state index contributed by atoms with van der Waals surface area (Å²) in [7, 11) is -4.80. The van der Waals surface area contributed by atoms with Gasteiger partial charge in [-0.25, -0.2) is 17.4 Å². The van der Waals surface area contributed by atoms with Crippen LogP contribution in [-0.2, 0) is 25.0 Å². The summed E-state index contributed by atoms with van der Waals surface area (Å²) in [6.07, 6.45) is 1.49. The Morgan fingerprint density at radius 2 is 1.90 bits per heavy atom. The molecule has 1 heterocycles. The fraction of sp³-hybridized carbons (Fsp3) is 0.900. The molecular formula is C10H21N3O6S2. The van der Waals surface area contributed by atoms with E-state index in [0.29, 0.717) is 12.8 Å². The molecule has 124 valence electrons. The van der Waals surface area contributed by atoms with Gasteiger partial charge in [0.1, 0.15) is 6.04 Å². The second-order valence-electron chi connectivity index (χ2n) is 4.96. The first-order chi connectivity index (χ1) is 9.58. The van der Waals surface area contributed by atoms with Crippen molar-refractivity contribution >= 4 is 26.2 Å². The summed E-state index contributed by atoms with van der Waals surface area (Å²) in [6.45, 7) is -0.182. The lowest BCUT2D eigenvalue weighted by Gasteiger charge is -2.31. The van der Waals surface area contributed by atoms with Crippen molar-refractivity contribution in [1.29, 1.82) is 0 Å². The summed E-state index contributed by atoms with van der Waals surface area (Å²) in [4.78, 5) is 11.1. The van der Waals surface area contributed by atoms with Crippen molar-refractivity contribution in [2.75, 3.05) is 32.9 Å². The van der Waals surface area contributed by atoms with Crippen LogP contribution in [0.15, 0.2) is 0 Å². The fourth-order valence-electron chi connectivity index (χ4n) is 2.00. The number of nitrogens with one attached hydrogen (secondary N) is 1. The van der Waals surface area contributed by atoms with Crippen molar-refractivity contribution in [3.05, 3.63) is 0 Å². The standard InChI is InChI=1S/C10H21N3O6S2/c1-12(2)20(16,17)8-6-11-21(18,19)13-7-4-3-5-9(13)10(14)15/h9,11H,3-8H2,1-2H3,(H,14,15). The van der Waals surface area contributed by atoms with Gasteiger partial charge < -0.3 is 5.11 Å². The molecule has 0 aliphatic carbocycles. The van der Waals surface area contributed by atoms with E-state index in [2.05, 4.69) is 4.72 Å². The maximum atomic E-state index is 12.1. The van der Waals surface area contributed by atoms with Gasteiger partial charge in [0.25, 0.3) is 10.2 Å². The number of piperidine rings is 1. The quantitative estimate of drug-likeness (QED) is 0.589. The Bertz CT molecular complexity index is 572. The smallest absolute Gasteiger partial charge is 0.322 e. The first kappa shape index (κ1) is 18.3. The van der Waals surface area contributed by atoms with Gasteiger partial charge in [-0.1, -0.05) is 0 Å². The van der Waals surface area contributed by atoms with Crippen LogP contribution >= 0.6 is 0 Å². The number of aliphatic carboxylic acids is 1. The summed E-state index contributed by atoms with van der Waals surface area (Å²) in [5, 5.41) is 9.06. The van der Waals surface area contributed by atoms with Crippen LogP contribution in [0.3, 0.4) is 0 Å². The van der Waals surface area contributed by atoms with E-state index in [4.69, 9.17) is 5.11 Å². The van der Waals surface area contributed by atoms with Crippen molar-refractivity contribution in [3.63, 3.8) is 0 Å². The highest BCUT2D eigenvalue weighted by Gasteiger charge is 2.36. The summed E-state index contributed by atoms with van der Waals surface area (Å²) < 4.78 is 51.3. The molecule has 1 unspecified atom stereocenters. The van der Waals surface area contributed by atoms with Gasteiger partial charge in [0, 0.05) is 27.2 Å². The summed E-state index contributed by atoms with van der Waals surface area (Å²) in [6, 6.07) is -1.10. The van der Waals surface area contributed by atoms with Gasteiger partial charge in [-0.05, 0) is 19.3 Å². The lowest BCUT2D eigenvalue weighted by Crippen LogP contribution is -2.52. The molecule has 0 radical (unpaired) electrons. The molecule has 1 fully saturated rings. The maximum Gasteiger partial charge on any atom is 0.322 e. The summed E-state index contributed by atoms with van der Waals surface area (Å²) in [5.41, 5.74) is 0. The van der Waals surface area contributed by atoms with Crippen LogP contribution < -0.4 is 4.72 Å². The lowest BCUT2D eigenvalue weighted by molar-refractivity contribution is -0.142. The third-order valence-electron chi connectivity index (χ3n) is 3.25. The number of sulfonamides is 1. The van der Waals surface area contributed by atoms with Crippen LogP contribution in [-0.4, -0.2) is 75.5 Å². The van der Waals surface area contributed by atoms with Crippen LogP contribution in [0.25, 0.3) is 0 Å². The fourth-order valence-corrected chi connectivity index (χ4v) is 4.28. The molecule has 1 saturated heterocycles. The van der Waals surface area contributed by atoms with Gasteiger partial charge in [-0.15, -0.1) is 0 Å². The zero-order valence-corrected chi connectivity index (χ0v) is 13.7. The third-order valence-corrected chi connectivity index (χ3v) is 6.70. The average Bonchev–Trinajstić information content (AvgIpc) is 2.38. The van der Waals surface area contributed by atoms with Gasteiger partial charge in [-0.3, -0.25) is 4.79 Å². The number of carbonyl (C=O) groups is 1. The Kier molecular flexibility index (Phi) is 6.11. The molecule has 0 aromatic heterocycles. The number of carboxylic acids is 1. The molecule has 1 aliphatic rings. The normalized spacial score (nSPS) is 21.6. The topological polar surface area (TPSA) is 124 Å². The minimum atomic E-state index is -4.01. The molecule has 1 rings (SSSR count). The SMILES string of the molecule is CN(C)S(=O)(=O)CCNS(=O)(=O)N1CCCCC1C(=O)O. The molecule has 21 heavy (non-hydrogen) atoms. The first-order valence-electron chi connectivity index (χ1n) is 6.47. The molecule has 0 amide bonds. The van der Waals surface area contributed by atoms with Gasteiger partial charge in [0.15, 0.2) is 0 Å². The van der Waals surface area contributed by atoms with E-state index in [9.17, 15) is 21.6 Å². The zero-order valence-electron chi connectivity index (χ0n) is 12.0. The molecule has 1 aliphatic heterocycles. The molecule has 0 aromatic carbocycles. The van der Waals surface area contributed by atoms with E-state index < -0.39 is 32.2 Å². The monoisotopic (exact) mass is 343 g/mol. The van der Waals surface area contributed by atoms with Gasteiger partial charge in [0.05, 0.1) is 5.75 Å². The number of hydrogen-bond donors (Lipinski definition) is 2. The molecule has 0 aromatic rings. The Morgan fingerprint density at radius 3 is 2.43 bits per heavy atom. The minimum absolute atomic E-state index is 0.118. The van der Waals surface area contributed by atoms with Crippen molar-refractivity contribution in [3.8, 4) is 0 Å². The van der Waals surface area contributed by atoms with E-state index in [1.165, 1.54) is 14.1 Å². The van der Waals surface area contributed by atoms with Crippen molar-refractivity contribution in [1.82, 2.24) is 13.3 Å². The molecular weight excluding hydrogens is 322 g/mol. The predicted molar refractivity (Wildman–Crippen MR) is 76.4 cm³/mol. The molecule has 0 saturated carbocycles. The molecule has 0 spiro atoms. The van der Waals surface area contributed by atoms with E-state index in [-0.39, 0.29) is 25.3 Å². The summed E-state index contributed by atoms with van der Waals surface area (Å²) >= 11 is 0. The van der Waals surface area contributed by atoms with Crippen LogP contribution in [0.2, 0.25) is 0 Å². The highest BCUT2D eigenvalue weighted by molar-refractivity contribution is 7.89. The second-order valence-corrected chi connectivity index (χ2v) is 8.97.